The average Bonchev–Trinajstić information content (AvgIpc) is 3.01. The second kappa shape index (κ2) is 5.21. The number of hydrogen-bond acceptors (Lipinski definition) is 2. The van der Waals surface area contributed by atoms with Crippen LogP contribution < -0.4 is 5.32 Å². The van der Waals surface area contributed by atoms with Crippen molar-refractivity contribution in [2.75, 3.05) is 13.1 Å². The summed E-state index contributed by atoms with van der Waals surface area (Å²) < 4.78 is 12.9. The SMILES string of the molecule is O=C(CNCC1CC1)Cc1cccc(F)c1. The van der Waals surface area contributed by atoms with Gasteiger partial charge in [-0.25, -0.2) is 4.39 Å². The molecule has 2 rings (SSSR count). The van der Waals surface area contributed by atoms with E-state index in [4.69, 9.17) is 0 Å². The summed E-state index contributed by atoms with van der Waals surface area (Å²) in [6.07, 6.45) is 2.88. The van der Waals surface area contributed by atoms with Crippen LogP contribution in [-0.2, 0) is 11.2 Å². The second-order valence-corrected chi connectivity index (χ2v) is 4.42. The Labute approximate surface area is 94.9 Å². The molecule has 0 aromatic heterocycles. The molecule has 1 saturated carbocycles. The van der Waals surface area contributed by atoms with Gasteiger partial charge in [0.2, 0.25) is 0 Å². The van der Waals surface area contributed by atoms with Gasteiger partial charge in [0.25, 0.3) is 0 Å². The van der Waals surface area contributed by atoms with E-state index >= 15 is 0 Å². The standard InChI is InChI=1S/C13H16FNO/c14-12-3-1-2-11(6-12)7-13(16)9-15-8-10-4-5-10/h1-3,6,10,15H,4-5,7-9H2. The normalized spacial score (nSPS) is 15.1. The van der Waals surface area contributed by atoms with Gasteiger partial charge in [-0.05, 0) is 43.0 Å². The van der Waals surface area contributed by atoms with Crippen molar-refractivity contribution in [2.45, 2.75) is 19.3 Å². The lowest BCUT2D eigenvalue weighted by Crippen LogP contribution is -2.26. The van der Waals surface area contributed by atoms with Crippen molar-refractivity contribution in [3.8, 4) is 0 Å². The summed E-state index contributed by atoms with van der Waals surface area (Å²) in [5.41, 5.74) is 0.748. The molecule has 0 spiro atoms. The van der Waals surface area contributed by atoms with E-state index in [0.717, 1.165) is 18.0 Å². The third kappa shape index (κ3) is 3.74. The fourth-order valence-corrected chi connectivity index (χ4v) is 1.67. The predicted molar refractivity (Wildman–Crippen MR) is 60.7 cm³/mol. The maximum Gasteiger partial charge on any atom is 0.150 e. The summed E-state index contributed by atoms with van der Waals surface area (Å²) >= 11 is 0. The first-order valence-electron chi connectivity index (χ1n) is 5.71. The van der Waals surface area contributed by atoms with E-state index in [1.807, 2.05) is 0 Å². The molecule has 1 aliphatic carbocycles. The first kappa shape index (κ1) is 11.3. The number of carbonyl (C=O) groups excluding carboxylic acids is 1. The minimum atomic E-state index is -0.281. The Kier molecular flexibility index (Phi) is 3.67. The molecule has 0 heterocycles. The van der Waals surface area contributed by atoms with E-state index in [2.05, 4.69) is 5.32 Å². The summed E-state index contributed by atoms with van der Waals surface area (Å²) in [7, 11) is 0. The largest absolute Gasteiger partial charge is 0.310 e. The topological polar surface area (TPSA) is 29.1 Å². The van der Waals surface area contributed by atoms with Gasteiger partial charge in [-0.15, -0.1) is 0 Å². The van der Waals surface area contributed by atoms with Gasteiger partial charge in [-0.1, -0.05) is 12.1 Å². The van der Waals surface area contributed by atoms with Crippen LogP contribution in [0.25, 0.3) is 0 Å². The Morgan fingerprint density at radius 2 is 2.25 bits per heavy atom. The van der Waals surface area contributed by atoms with E-state index in [1.165, 1.54) is 25.0 Å². The van der Waals surface area contributed by atoms with Crippen LogP contribution in [0, 0.1) is 11.7 Å². The molecule has 0 atom stereocenters. The van der Waals surface area contributed by atoms with Gasteiger partial charge in [-0.2, -0.15) is 0 Å². The Morgan fingerprint density at radius 3 is 2.94 bits per heavy atom. The van der Waals surface area contributed by atoms with Crippen LogP contribution in [0.5, 0.6) is 0 Å². The van der Waals surface area contributed by atoms with E-state index in [9.17, 15) is 9.18 Å². The number of rotatable bonds is 6. The fraction of sp³-hybridized carbons (Fsp3) is 0.462. The molecule has 86 valence electrons. The van der Waals surface area contributed by atoms with Crippen molar-refractivity contribution < 1.29 is 9.18 Å². The summed E-state index contributed by atoms with van der Waals surface area (Å²) in [5, 5.41) is 3.14. The van der Waals surface area contributed by atoms with Crippen LogP contribution in [0.15, 0.2) is 24.3 Å². The second-order valence-electron chi connectivity index (χ2n) is 4.42. The summed E-state index contributed by atoms with van der Waals surface area (Å²) in [6, 6.07) is 6.22. The Balaban J connectivity index is 1.73. The number of Topliss-reactive ketones (excluding diaryl/α,β-unsaturated/α-hetero) is 1. The number of carbonyl (C=O) groups is 1. The zero-order chi connectivity index (χ0) is 11.4. The predicted octanol–water partition coefficient (Wildman–Crippen LogP) is 1.94. The van der Waals surface area contributed by atoms with Crippen molar-refractivity contribution in [3.05, 3.63) is 35.6 Å². The van der Waals surface area contributed by atoms with Gasteiger partial charge in [0.15, 0.2) is 5.78 Å². The van der Waals surface area contributed by atoms with Crippen LogP contribution in [-0.4, -0.2) is 18.9 Å². The van der Waals surface area contributed by atoms with Crippen molar-refractivity contribution in [1.29, 1.82) is 0 Å². The van der Waals surface area contributed by atoms with Crippen molar-refractivity contribution in [3.63, 3.8) is 0 Å². The average molecular weight is 221 g/mol. The molecule has 1 N–H and O–H groups in total. The molecule has 1 fully saturated rings. The minimum Gasteiger partial charge on any atom is -0.310 e. The van der Waals surface area contributed by atoms with Gasteiger partial charge < -0.3 is 5.32 Å². The third-order valence-corrected chi connectivity index (χ3v) is 2.74. The van der Waals surface area contributed by atoms with Crippen molar-refractivity contribution in [2.24, 2.45) is 5.92 Å². The fourth-order valence-electron chi connectivity index (χ4n) is 1.67. The molecule has 2 nitrogen and oxygen atoms in total. The molecule has 1 aromatic carbocycles. The lowest BCUT2D eigenvalue weighted by Gasteiger charge is -2.03. The third-order valence-electron chi connectivity index (χ3n) is 2.74. The minimum absolute atomic E-state index is 0.117. The molecule has 0 unspecified atom stereocenters. The molecular weight excluding hydrogens is 205 g/mol. The molecule has 0 aliphatic heterocycles. The van der Waals surface area contributed by atoms with E-state index in [1.54, 1.807) is 12.1 Å². The molecule has 1 aromatic rings. The number of halogens is 1. The van der Waals surface area contributed by atoms with Crippen molar-refractivity contribution in [1.82, 2.24) is 5.32 Å². The highest BCUT2D eigenvalue weighted by Crippen LogP contribution is 2.27. The molecule has 0 amide bonds. The molecule has 0 bridgehead atoms. The first-order chi connectivity index (χ1) is 7.74. The smallest absolute Gasteiger partial charge is 0.150 e. The lowest BCUT2D eigenvalue weighted by molar-refractivity contribution is -0.117. The quantitative estimate of drug-likeness (QED) is 0.795. The highest BCUT2D eigenvalue weighted by Gasteiger charge is 2.20. The van der Waals surface area contributed by atoms with Crippen LogP contribution in [0.1, 0.15) is 18.4 Å². The zero-order valence-electron chi connectivity index (χ0n) is 9.21. The van der Waals surface area contributed by atoms with Crippen LogP contribution in [0.2, 0.25) is 0 Å². The molecule has 0 radical (unpaired) electrons. The Morgan fingerprint density at radius 1 is 1.44 bits per heavy atom. The summed E-state index contributed by atoms with van der Waals surface area (Å²) in [4.78, 5) is 11.5. The maximum atomic E-state index is 12.9. The number of ketones is 1. The Hall–Kier alpha value is -1.22. The maximum absolute atomic E-state index is 12.9. The van der Waals surface area contributed by atoms with Gasteiger partial charge in [0, 0.05) is 6.42 Å². The van der Waals surface area contributed by atoms with E-state index in [0.29, 0.717) is 13.0 Å². The van der Waals surface area contributed by atoms with E-state index < -0.39 is 0 Å². The van der Waals surface area contributed by atoms with Gasteiger partial charge >= 0.3 is 0 Å². The van der Waals surface area contributed by atoms with Crippen LogP contribution >= 0.6 is 0 Å². The molecule has 3 heteroatoms. The number of nitrogens with one attached hydrogen (secondary N) is 1. The molecule has 1 aliphatic rings. The monoisotopic (exact) mass is 221 g/mol. The summed E-state index contributed by atoms with van der Waals surface area (Å²) in [6.45, 7) is 1.34. The summed E-state index contributed by atoms with van der Waals surface area (Å²) in [5.74, 6) is 0.615. The van der Waals surface area contributed by atoms with E-state index in [-0.39, 0.29) is 11.6 Å². The number of hydrogen-bond donors (Lipinski definition) is 1. The highest BCUT2D eigenvalue weighted by molar-refractivity contribution is 5.82. The van der Waals surface area contributed by atoms with Crippen LogP contribution in [0.4, 0.5) is 4.39 Å². The van der Waals surface area contributed by atoms with Crippen LogP contribution in [0.3, 0.4) is 0 Å². The Bertz CT molecular complexity index is 374. The highest BCUT2D eigenvalue weighted by atomic mass is 19.1. The number of benzene rings is 1. The molecule has 16 heavy (non-hydrogen) atoms. The van der Waals surface area contributed by atoms with Gasteiger partial charge in [-0.3, -0.25) is 4.79 Å². The first-order valence-corrected chi connectivity index (χ1v) is 5.71. The zero-order valence-corrected chi connectivity index (χ0v) is 9.21. The van der Waals surface area contributed by atoms with Gasteiger partial charge in [0.05, 0.1) is 6.54 Å². The van der Waals surface area contributed by atoms with Crippen molar-refractivity contribution >= 4 is 5.78 Å². The molecule has 0 saturated heterocycles. The molecular formula is C13H16FNO. The lowest BCUT2D eigenvalue weighted by atomic mass is 10.1. The van der Waals surface area contributed by atoms with Gasteiger partial charge in [0.1, 0.15) is 5.82 Å².